The van der Waals surface area contributed by atoms with Gasteiger partial charge in [0.15, 0.2) is 0 Å². The van der Waals surface area contributed by atoms with E-state index in [9.17, 15) is 4.79 Å². The zero-order valence-electron chi connectivity index (χ0n) is 11.2. The molecular formula is C13H24ClNO2. The van der Waals surface area contributed by atoms with Gasteiger partial charge in [0.05, 0.1) is 11.6 Å². The van der Waals surface area contributed by atoms with Crippen molar-refractivity contribution in [2.24, 2.45) is 0 Å². The molecule has 0 spiro atoms. The number of nitrogens with zero attached hydrogens (tertiary/aromatic N) is 1. The summed E-state index contributed by atoms with van der Waals surface area (Å²) in [6.45, 7) is 4.81. The van der Waals surface area contributed by atoms with E-state index in [2.05, 4.69) is 0 Å². The molecule has 3 nitrogen and oxygen atoms in total. The molecule has 0 radical (unpaired) electrons. The maximum Gasteiger partial charge on any atom is 0.222 e. The van der Waals surface area contributed by atoms with Gasteiger partial charge in [0.2, 0.25) is 5.91 Å². The number of carbonyl (C=O) groups excluding carboxylic acids is 1. The normalized spacial score (nSPS) is 21.3. The highest BCUT2D eigenvalue weighted by atomic mass is 35.5. The second kappa shape index (κ2) is 6.60. The molecule has 0 bridgehead atoms. The van der Waals surface area contributed by atoms with Crippen LogP contribution in [0.5, 0.6) is 0 Å². The number of halogens is 1. The van der Waals surface area contributed by atoms with E-state index in [-0.39, 0.29) is 17.6 Å². The molecule has 0 aromatic heterocycles. The van der Waals surface area contributed by atoms with E-state index in [1.54, 1.807) is 4.90 Å². The zero-order chi connectivity index (χ0) is 12.9. The molecule has 1 fully saturated rings. The second-order valence-electron chi connectivity index (χ2n) is 5.43. The van der Waals surface area contributed by atoms with Crippen LogP contribution >= 0.6 is 11.6 Å². The average molecular weight is 262 g/mol. The van der Waals surface area contributed by atoms with Crippen molar-refractivity contribution in [2.75, 3.05) is 19.5 Å². The third kappa shape index (κ3) is 4.47. The molecule has 0 aromatic carbocycles. The van der Waals surface area contributed by atoms with Crippen LogP contribution in [0.25, 0.3) is 0 Å². The van der Waals surface area contributed by atoms with E-state index in [0.29, 0.717) is 12.3 Å². The van der Waals surface area contributed by atoms with E-state index >= 15 is 0 Å². The lowest BCUT2D eigenvalue weighted by molar-refractivity contribution is -0.135. The van der Waals surface area contributed by atoms with Gasteiger partial charge < -0.3 is 9.64 Å². The number of hydrogen-bond donors (Lipinski definition) is 0. The molecule has 1 rings (SSSR count). The Morgan fingerprint density at radius 1 is 1.47 bits per heavy atom. The summed E-state index contributed by atoms with van der Waals surface area (Å²) >= 11 is 5.86. The number of alkyl halides is 1. The third-order valence-electron chi connectivity index (χ3n) is 3.56. The van der Waals surface area contributed by atoms with Crippen LogP contribution in [0.3, 0.4) is 0 Å². The molecule has 1 heterocycles. The Hall–Kier alpha value is -0.280. The molecule has 17 heavy (non-hydrogen) atoms. The first kappa shape index (κ1) is 14.8. The first-order chi connectivity index (χ1) is 7.97. The lowest BCUT2D eigenvalue weighted by Gasteiger charge is -2.34. The second-order valence-corrected chi connectivity index (χ2v) is 5.69. The van der Waals surface area contributed by atoms with Crippen molar-refractivity contribution in [3.05, 3.63) is 0 Å². The molecular weight excluding hydrogens is 238 g/mol. The molecule has 1 saturated heterocycles. The third-order valence-corrected chi connectivity index (χ3v) is 4.22. The highest BCUT2D eigenvalue weighted by Gasteiger charge is 2.27. The quantitative estimate of drug-likeness (QED) is 0.713. The van der Waals surface area contributed by atoms with Gasteiger partial charge in [-0.05, 0) is 39.5 Å². The summed E-state index contributed by atoms with van der Waals surface area (Å²) in [7, 11) is 1.83. The lowest BCUT2D eigenvalue weighted by Crippen LogP contribution is -2.46. The van der Waals surface area contributed by atoms with Crippen molar-refractivity contribution in [3.63, 3.8) is 0 Å². The number of amides is 1. The molecule has 1 amide bonds. The minimum Gasteiger partial charge on any atom is -0.378 e. The number of carbonyl (C=O) groups is 1. The van der Waals surface area contributed by atoms with E-state index in [0.717, 1.165) is 25.9 Å². The van der Waals surface area contributed by atoms with E-state index < -0.39 is 0 Å². The fraction of sp³-hybridized carbons (Fsp3) is 0.923. The summed E-state index contributed by atoms with van der Waals surface area (Å²) < 4.78 is 5.62. The van der Waals surface area contributed by atoms with Gasteiger partial charge in [0.1, 0.15) is 0 Å². The topological polar surface area (TPSA) is 29.5 Å². The van der Waals surface area contributed by atoms with Gasteiger partial charge in [-0.3, -0.25) is 4.79 Å². The Balaban J connectivity index is 2.33. The largest absolute Gasteiger partial charge is 0.378 e. The molecule has 1 aliphatic heterocycles. The monoisotopic (exact) mass is 261 g/mol. The van der Waals surface area contributed by atoms with Crippen LogP contribution in [0.15, 0.2) is 0 Å². The zero-order valence-corrected chi connectivity index (χ0v) is 11.9. The molecule has 0 N–H and O–H groups in total. The minimum atomic E-state index is -0.272. The molecule has 1 unspecified atom stereocenters. The summed E-state index contributed by atoms with van der Waals surface area (Å²) in [5, 5.41) is 0. The van der Waals surface area contributed by atoms with E-state index in [1.165, 1.54) is 6.42 Å². The standard InChI is InChI=1S/C13H24ClNO2/c1-13(2,10-14)15(3)12(16)8-7-11-6-4-5-9-17-11/h11H,4-10H2,1-3H3. The first-order valence-electron chi connectivity index (χ1n) is 6.41. The Labute approximate surface area is 109 Å². The average Bonchev–Trinajstić information content (AvgIpc) is 2.36. The molecule has 0 saturated carbocycles. The summed E-state index contributed by atoms with van der Waals surface area (Å²) in [5.41, 5.74) is -0.272. The lowest BCUT2D eigenvalue weighted by atomic mass is 10.0. The van der Waals surface area contributed by atoms with Crippen molar-refractivity contribution in [3.8, 4) is 0 Å². The van der Waals surface area contributed by atoms with Gasteiger partial charge in [-0.25, -0.2) is 0 Å². The van der Waals surface area contributed by atoms with Crippen LogP contribution < -0.4 is 0 Å². The Morgan fingerprint density at radius 2 is 2.18 bits per heavy atom. The van der Waals surface area contributed by atoms with Crippen LogP contribution in [0.4, 0.5) is 0 Å². The van der Waals surface area contributed by atoms with Crippen LogP contribution in [0.1, 0.15) is 46.0 Å². The summed E-state index contributed by atoms with van der Waals surface area (Å²) in [6.07, 6.45) is 5.14. The molecule has 1 aliphatic rings. The van der Waals surface area contributed by atoms with Gasteiger partial charge in [0.25, 0.3) is 0 Å². The highest BCUT2D eigenvalue weighted by molar-refractivity contribution is 6.18. The van der Waals surface area contributed by atoms with Crippen molar-refractivity contribution in [2.45, 2.75) is 57.6 Å². The summed E-state index contributed by atoms with van der Waals surface area (Å²) in [4.78, 5) is 13.8. The van der Waals surface area contributed by atoms with Crippen molar-refractivity contribution < 1.29 is 9.53 Å². The van der Waals surface area contributed by atoms with Gasteiger partial charge in [-0.15, -0.1) is 11.6 Å². The van der Waals surface area contributed by atoms with Gasteiger partial charge in [-0.1, -0.05) is 0 Å². The number of hydrogen-bond acceptors (Lipinski definition) is 2. The minimum absolute atomic E-state index is 0.157. The fourth-order valence-corrected chi connectivity index (χ4v) is 2.09. The van der Waals surface area contributed by atoms with Crippen molar-refractivity contribution in [1.82, 2.24) is 4.90 Å². The van der Waals surface area contributed by atoms with Crippen LogP contribution in [-0.2, 0) is 9.53 Å². The van der Waals surface area contributed by atoms with Crippen molar-refractivity contribution in [1.29, 1.82) is 0 Å². The predicted molar refractivity (Wildman–Crippen MR) is 70.4 cm³/mol. The first-order valence-corrected chi connectivity index (χ1v) is 6.95. The number of rotatable bonds is 5. The summed E-state index contributed by atoms with van der Waals surface area (Å²) in [6, 6.07) is 0. The Bertz CT molecular complexity index is 250. The van der Waals surface area contributed by atoms with Crippen LogP contribution in [0, 0.1) is 0 Å². The molecule has 4 heteroatoms. The van der Waals surface area contributed by atoms with Crippen LogP contribution in [-0.4, -0.2) is 42.0 Å². The summed E-state index contributed by atoms with van der Waals surface area (Å²) in [5.74, 6) is 0.611. The Morgan fingerprint density at radius 3 is 2.71 bits per heavy atom. The maximum atomic E-state index is 12.0. The molecule has 100 valence electrons. The smallest absolute Gasteiger partial charge is 0.222 e. The molecule has 0 aromatic rings. The highest BCUT2D eigenvalue weighted by Crippen LogP contribution is 2.20. The van der Waals surface area contributed by atoms with E-state index in [1.807, 2.05) is 20.9 Å². The van der Waals surface area contributed by atoms with Gasteiger partial charge >= 0.3 is 0 Å². The van der Waals surface area contributed by atoms with Crippen molar-refractivity contribution >= 4 is 17.5 Å². The van der Waals surface area contributed by atoms with Gasteiger partial charge in [0, 0.05) is 26.0 Å². The predicted octanol–water partition coefficient (Wildman–Crippen LogP) is 2.81. The molecule has 0 aliphatic carbocycles. The maximum absolute atomic E-state index is 12.0. The SMILES string of the molecule is CN(C(=O)CCC1CCCCO1)C(C)(C)CCl. The van der Waals surface area contributed by atoms with Gasteiger partial charge in [-0.2, -0.15) is 0 Å². The fourth-order valence-electron chi connectivity index (χ4n) is 1.91. The van der Waals surface area contributed by atoms with E-state index in [4.69, 9.17) is 16.3 Å². The Kier molecular flexibility index (Phi) is 5.74. The number of ether oxygens (including phenoxy) is 1. The van der Waals surface area contributed by atoms with Crippen LogP contribution in [0.2, 0.25) is 0 Å². The molecule has 1 atom stereocenters.